The van der Waals surface area contributed by atoms with Crippen molar-refractivity contribution in [1.82, 2.24) is 9.47 Å². The highest BCUT2D eigenvalue weighted by Crippen LogP contribution is 2.39. The zero-order valence-corrected chi connectivity index (χ0v) is 33.8. The second-order valence-electron chi connectivity index (χ2n) is 10.8. The van der Waals surface area contributed by atoms with Crippen molar-refractivity contribution in [3.05, 3.63) is 110 Å². The molecule has 1 aliphatic heterocycles. The van der Waals surface area contributed by atoms with Crippen molar-refractivity contribution in [2.75, 3.05) is 34.4 Å². The first-order valence-corrected chi connectivity index (χ1v) is 18.9. The average molecular weight is 730 g/mol. The lowest BCUT2D eigenvalue weighted by molar-refractivity contribution is 0.0704. The number of allylic oxidation sites excluding steroid dienone is 2. The molecule has 1 atom stereocenters. The van der Waals surface area contributed by atoms with Gasteiger partial charge in [0, 0.05) is 59.1 Å². The van der Waals surface area contributed by atoms with Gasteiger partial charge in [-0.1, -0.05) is 116 Å². The molecular weight excluding hydrogens is 669 g/mol. The van der Waals surface area contributed by atoms with Gasteiger partial charge in [0.1, 0.15) is 23.3 Å². The molecule has 1 aromatic heterocycles. The third-order valence-electron chi connectivity index (χ3n) is 7.09. The molecule has 10 heteroatoms. The van der Waals surface area contributed by atoms with Gasteiger partial charge in [0.2, 0.25) is 5.43 Å². The number of ether oxygens (including phenoxy) is 2. The molecule has 0 fully saturated rings. The van der Waals surface area contributed by atoms with Crippen molar-refractivity contribution in [3.8, 4) is 5.75 Å². The number of carbonyl (C=O) groups excluding carboxylic acids is 1. The van der Waals surface area contributed by atoms with Gasteiger partial charge in [-0.3, -0.25) is 14.6 Å². The molecule has 2 heterocycles. The van der Waals surface area contributed by atoms with E-state index in [9.17, 15) is 18.4 Å². The fourth-order valence-corrected chi connectivity index (χ4v) is 6.24. The maximum atomic E-state index is 14.8. The number of rotatable bonds is 10. The van der Waals surface area contributed by atoms with Crippen LogP contribution in [0.5, 0.6) is 5.75 Å². The highest BCUT2D eigenvalue weighted by atomic mass is 32.2. The molecule has 1 amide bonds. The van der Waals surface area contributed by atoms with Crippen LogP contribution in [-0.4, -0.2) is 54.8 Å². The summed E-state index contributed by atoms with van der Waals surface area (Å²) in [4.78, 5) is 34.4. The molecule has 0 saturated heterocycles. The van der Waals surface area contributed by atoms with Crippen molar-refractivity contribution in [2.24, 2.45) is 4.99 Å². The van der Waals surface area contributed by atoms with Crippen LogP contribution in [0.1, 0.15) is 115 Å². The fourth-order valence-electron chi connectivity index (χ4n) is 4.98. The zero-order valence-electron chi connectivity index (χ0n) is 32.9. The third kappa shape index (κ3) is 14.1. The Balaban J connectivity index is 0.00000226. The average Bonchev–Trinajstić information content (AvgIpc) is 3.14. The lowest BCUT2D eigenvalue weighted by Crippen LogP contribution is -2.42. The highest BCUT2D eigenvalue weighted by Gasteiger charge is 2.31. The molecule has 2 aromatic carbocycles. The summed E-state index contributed by atoms with van der Waals surface area (Å²) in [7, 11) is 4.85. The minimum absolute atomic E-state index is 0.00565. The van der Waals surface area contributed by atoms with Crippen LogP contribution >= 0.6 is 11.8 Å². The summed E-state index contributed by atoms with van der Waals surface area (Å²) in [5.41, 5.74) is 1.36. The predicted octanol–water partition coefficient (Wildman–Crippen LogP) is 10.5. The molecule has 4 rings (SSSR count). The summed E-state index contributed by atoms with van der Waals surface area (Å²) < 4.78 is 40.6. The smallest absolute Gasteiger partial charge is 0.274 e. The molecule has 0 bridgehead atoms. The number of carbonyl (C=O) groups is 1. The first kappa shape index (κ1) is 47.2. The van der Waals surface area contributed by atoms with Crippen LogP contribution in [0.4, 0.5) is 8.78 Å². The van der Waals surface area contributed by atoms with Crippen LogP contribution in [-0.2, 0) is 17.9 Å². The van der Waals surface area contributed by atoms with E-state index in [2.05, 4.69) is 23.6 Å². The van der Waals surface area contributed by atoms with Gasteiger partial charge in [0.15, 0.2) is 11.4 Å². The SMILES string of the molecule is CC.CC.CC/C=C(/SC(=NC)c1cn2c(c(OCc3ccccc3)c1=O)C(=O)N(CC)CC2)C(CC)c1ccc(F)cc1F.CCC.COC. The number of thioether (sulfide) groups is 1. The van der Waals surface area contributed by atoms with Crippen molar-refractivity contribution in [2.45, 2.75) is 101 Å². The fraction of sp³-hybridized carbons (Fsp3) is 0.488. The van der Waals surface area contributed by atoms with E-state index in [1.165, 1.54) is 30.3 Å². The highest BCUT2D eigenvalue weighted by molar-refractivity contribution is 8.17. The van der Waals surface area contributed by atoms with Crippen molar-refractivity contribution >= 4 is 22.7 Å². The van der Waals surface area contributed by atoms with Gasteiger partial charge in [0.25, 0.3) is 5.91 Å². The largest absolute Gasteiger partial charge is 0.483 e. The number of hydrogen-bond acceptors (Lipinski definition) is 6. The van der Waals surface area contributed by atoms with E-state index < -0.39 is 17.1 Å². The summed E-state index contributed by atoms with van der Waals surface area (Å²) in [6.07, 6.45) is 6.15. The Morgan fingerprint density at radius 1 is 0.961 bits per heavy atom. The van der Waals surface area contributed by atoms with Crippen LogP contribution < -0.4 is 10.2 Å². The van der Waals surface area contributed by atoms with Crippen LogP contribution in [0.2, 0.25) is 0 Å². The maximum absolute atomic E-state index is 14.8. The van der Waals surface area contributed by atoms with Gasteiger partial charge in [0.05, 0.1) is 5.56 Å². The van der Waals surface area contributed by atoms with Gasteiger partial charge in [-0.2, -0.15) is 0 Å². The number of aromatic nitrogens is 1. The monoisotopic (exact) mass is 729 g/mol. The van der Waals surface area contributed by atoms with Crippen molar-refractivity contribution < 1.29 is 23.0 Å². The Morgan fingerprint density at radius 3 is 2.08 bits per heavy atom. The van der Waals surface area contributed by atoms with E-state index in [0.717, 1.165) is 16.5 Å². The molecule has 284 valence electrons. The molecule has 0 N–H and O–H groups in total. The van der Waals surface area contributed by atoms with Crippen molar-refractivity contribution in [1.29, 1.82) is 0 Å². The summed E-state index contributed by atoms with van der Waals surface area (Å²) >= 11 is 1.29. The third-order valence-corrected chi connectivity index (χ3v) is 8.37. The number of pyridine rings is 1. The predicted molar refractivity (Wildman–Crippen MR) is 212 cm³/mol. The summed E-state index contributed by atoms with van der Waals surface area (Å²) in [5, 5.41) is 0.431. The number of benzene rings is 2. The summed E-state index contributed by atoms with van der Waals surface area (Å²) in [5.74, 6) is -1.86. The Hall–Kier alpha value is -3.76. The number of likely N-dealkylation sites (N-methyl/N-ethyl adjacent to an activating group) is 1. The quantitative estimate of drug-likeness (QED) is 0.153. The number of amides is 1. The first-order chi connectivity index (χ1) is 24.6. The molecule has 0 aliphatic carbocycles. The van der Waals surface area contributed by atoms with Crippen molar-refractivity contribution in [3.63, 3.8) is 0 Å². The number of halogens is 2. The molecule has 0 spiro atoms. The lowest BCUT2D eigenvalue weighted by atomic mass is 9.95. The van der Waals surface area contributed by atoms with Crippen LogP contribution in [0, 0.1) is 11.6 Å². The topological polar surface area (TPSA) is 73.1 Å². The maximum Gasteiger partial charge on any atom is 0.274 e. The Morgan fingerprint density at radius 2 is 1.57 bits per heavy atom. The number of fused-ring (bicyclic) bond motifs is 1. The molecule has 1 aliphatic rings. The van der Waals surface area contributed by atoms with E-state index in [0.29, 0.717) is 48.6 Å². The van der Waals surface area contributed by atoms with E-state index in [-0.39, 0.29) is 29.9 Å². The molecule has 3 aromatic rings. The molecule has 0 saturated carbocycles. The van der Waals surface area contributed by atoms with Gasteiger partial charge < -0.3 is 18.9 Å². The minimum atomic E-state index is -0.633. The molecular formula is C41H61F2N3O4S. The van der Waals surface area contributed by atoms with Gasteiger partial charge in [-0.15, -0.1) is 0 Å². The van der Waals surface area contributed by atoms with E-state index in [1.54, 1.807) is 36.9 Å². The second-order valence-corrected chi connectivity index (χ2v) is 11.9. The van der Waals surface area contributed by atoms with Gasteiger partial charge in [-0.25, -0.2) is 8.78 Å². The lowest BCUT2D eigenvalue weighted by Gasteiger charge is -2.30. The molecule has 51 heavy (non-hydrogen) atoms. The number of hydrogen-bond donors (Lipinski definition) is 0. The van der Waals surface area contributed by atoms with Crippen LogP contribution in [0.25, 0.3) is 0 Å². The summed E-state index contributed by atoms with van der Waals surface area (Å²) in [6.45, 7) is 19.7. The standard InChI is InChI=1S/C32H35F2N3O3S.C3H8.C2H6O.2C2H6/c1-5-11-27(23(6-2)24-15-14-22(33)18-26(24)34)41-31(35-4)25-19-37-17-16-36(7-3)32(39)28(37)30(29(25)38)40-20-21-12-9-8-10-13-21;2*1-3-2;2*1-2/h8-15,18-19,23H,5-7,16-17,20H2,1-4H3;3H2,1-2H3;1-2H3;2*1-2H3/b27-11+,35-31?;;;;. The minimum Gasteiger partial charge on any atom is -0.483 e. The normalized spacial score (nSPS) is 12.7. The first-order valence-electron chi connectivity index (χ1n) is 18.1. The van der Waals surface area contributed by atoms with E-state index in [1.807, 2.05) is 84.9 Å². The van der Waals surface area contributed by atoms with Crippen LogP contribution in [0.3, 0.4) is 0 Å². The molecule has 7 nitrogen and oxygen atoms in total. The van der Waals surface area contributed by atoms with E-state index >= 15 is 0 Å². The molecule has 0 radical (unpaired) electrons. The number of methoxy groups -OCH3 is 1. The Kier molecular flexibility index (Phi) is 25.0. The number of aliphatic imine (C=N–C) groups is 1. The Bertz CT molecular complexity index is 1560. The van der Waals surface area contributed by atoms with Gasteiger partial charge >= 0.3 is 0 Å². The molecule has 1 unspecified atom stereocenters. The summed E-state index contributed by atoms with van der Waals surface area (Å²) in [6, 6.07) is 13.1. The van der Waals surface area contributed by atoms with E-state index in [4.69, 9.17) is 4.74 Å². The zero-order chi connectivity index (χ0) is 38.9. The van der Waals surface area contributed by atoms with Gasteiger partial charge in [-0.05, 0) is 41.9 Å². The number of nitrogens with zero attached hydrogens (tertiary/aromatic N) is 3. The second kappa shape index (κ2) is 27.0. The Labute approximate surface area is 310 Å². The van der Waals surface area contributed by atoms with Crippen LogP contribution in [0.15, 0.2) is 75.5 Å².